The van der Waals surface area contributed by atoms with Crippen LogP contribution in [-0.2, 0) is 16.8 Å². The van der Waals surface area contributed by atoms with Crippen LogP contribution in [0.3, 0.4) is 0 Å². The van der Waals surface area contributed by atoms with Crippen molar-refractivity contribution in [3.8, 4) is 5.75 Å². The highest BCUT2D eigenvalue weighted by atomic mass is 32.2. The zero-order valence-electron chi connectivity index (χ0n) is 17.9. The van der Waals surface area contributed by atoms with Gasteiger partial charge >= 0.3 is 0 Å². The maximum atomic E-state index is 13.0. The van der Waals surface area contributed by atoms with Crippen LogP contribution in [0.2, 0.25) is 0 Å². The lowest BCUT2D eigenvalue weighted by atomic mass is 10.1. The van der Waals surface area contributed by atoms with Gasteiger partial charge in [-0.1, -0.05) is 11.2 Å². The van der Waals surface area contributed by atoms with Crippen molar-refractivity contribution in [1.82, 2.24) is 18.7 Å². The lowest BCUT2D eigenvalue weighted by molar-refractivity contribution is 0.0694. The highest BCUT2D eigenvalue weighted by Crippen LogP contribution is 2.21. The Hall–Kier alpha value is -2.43. The van der Waals surface area contributed by atoms with Gasteiger partial charge in [0.15, 0.2) is 0 Å². The Morgan fingerprint density at radius 2 is 1.74 bits per heavy atom. The molecule has 2 saturated heterocycles. The molecule has 0 aliphatic carbocycles. The summed E-state index contributed by atoms with van der Waals surface area (Å²) in [5.74, 6) is 1.17. The van der Waals surface area contributed by atoms with Crippen LogP contribution in [0.4, 0.5) is 0 Å². The van der Waals surface area contributed by atoms with E-state index in [1.165, 1.54) is 4.31 Å². The second kappa shape index (κ2) is 8.97. The molecule has 2 aliphatic rings. The number of piperazine rings is 1. The van der Waals surface area contributed by atoms with Crippen molar-refractivity contribution in [2.24, 2.45) is 0 Å². The van der Waals surface area contributed by atoms with E-state index in [4.69, 9.17) is 9.26 Å². The summed E-state index contributed by atoms with van der Waals surface area (Å²) >= 11 is 0. The normalized spacial score (nSPS) is 18.5. The van der Waals surface area contributed by atoms with Gasteiger partial charge in [-0.15, -0.1) is 0 Å². The molecular formula is C21H28N4O5S. The second-order valence-electron chi connectivity index (χ2n) is 7.92. The topological polar surface area (TPSA) is 96.2 Å². The number of aryl methyl sites for hydroxylation is 2. The largest absolute Gasteiger partial charge is 0.489 e. The molecule has 0 bridgehead atoms. The summed E-state index contributed by atoms with van der Waals surface area (Å²) in [6.45, 7) is 6.54. The molecule has 4 rings (SSSR count). The standard InChI is InChI=1S/C21H28N4O5S/c1-16-20(17(2)30-22-16)15-29-19-7-5-6-18(14-19)21(26)23-10-12-25(13-11-23)31(27,28)24-8-3-4-9-24/h5-7,14H,3-4,8-13,15H2,1-2H3. The highest BCUT2D eigenvalue weighted by molar-refractivity contribution is 7.86. The molecule has 0 atom stereocenters. The third-order valence-electron chi connectivity index (χ3n) is 5.89. The van der Waals surface area contributed by atoms with Crippen molar-refractivity contribution >= 4 is 16.1 Å². The van der Waals surface area contributed by atoms with Crippen molar-refractivity contribution in [2.45, 2.75) is 33.3 Å². The minimum Gasteiger partial charge on any atom is -0.489 e. The van der Waals surface area contributed by atoms with Gasteiger partial charge < -0.3 is 14.2 Å². The number of carbonyl (C=O) groups is 1. The van der Waals surface area contributed by atoms with Gasteiger partial charge in [0, 0.05) is 44.8 Å². The van der Waals surface area contributed by atoms with Gasteiger partial charge in [-0.2, -0.15) is 17.0 Å². The molecule has 168 valence electrons. The molecule has 10 heteroatoms. The van der Waals surface area contributed by atoms with E-state index >= 15 is 0 Å². The van der Waals surface area contributed by atoms with E-state index in [2.05, 4.69) is 5.16 Å². The van der Waals surface area contributed by atoms with Crippen LogP contribution in [0.5, 0.6) is 5.75 Å². The number of benzene rings is 1. The summed E-state index contributed by atoms with van der Waals surface area (Å²) in [4.78, 5) is 14.7. The number of nitrogens with zero attached hydrogens (tertiary/aromatic N) is 4. The fraction of sp³-hybridized carbons (Fsp3) is 0.524. The van der Waals surface area contributed by atoms with Crippen LogP contribution in [0.15, 0.2) is 28.8 Å². The van der Waals surface area contributed by atoms with Crippen molar-refractivity contribution in [3.63, 3.8) is 0 Å². The molecule has 0 N–H and O–H groups in total. The number of ether oxygens (including phenoxy) is 1. The minimum atomic E-state index is -3.42. The van der Waals surface area contributed by atoms with E-state index in [9.17, 15) is 13.2 Å². The van der Waals surface area contributed by atoms with Crippen LogP contribution in [0, 0.1) is 13.8 Å². The molecule has 2 aliphatic heterocycles. The van der Waals surface area contributed by atoms with E-state index in [-0.39, 0.29) is 5.91 Å². The molecule has 2 aromatic rings. The quantitative estimate of drug-likeness (QED) is 0.670. The summed E-state index contributed by atoms with van der Waals surface area (Å²) in [6, 6.07) is 7.05. The van der Waals surface area contributed by atoms with Crippen molar-refractivity contribution < 1.29 is 22.5 Å². The van der Waals surface area contributed by atoms with E-state index in [1.54, 1.807) is 33.5 Å². The molecule has 0 saturated carbocycles. The lowest BCUT2D eigenvalue weighted by Crippen LogP contribution is -2.53. The predicted molar refractivity (Wildman–Crippen MR) is 114 cm³/mol. The fourth-order valence-electron chi connectivity index (χ4n) is 3.97. The molecule has 1 aromatic carbocycles. The summed E-state index contributed by atoms with van der Waals surface area (Å²) in [5.41, 5.74) is 2.20. The first-order valence-corrected chi connectivity index (χ1v) is 11.9. The van der Waals surface area contributed by atoms with Crippen molar-refractivity contribution in [2.75, 3.05) is 39.3 Å². The molecule has 1 aromatic heterocycles. The van der Waals surface area contributed by atoms with Crippen LogP contribution in [0.1, 0.15) is 40.2 Å². The Balaban J connectivity index is 1.36. The Labute approximate surface area is 182 Å². The van der Waals surface area contributed by atoms with E-state index < -0.39 is 10.2 Å². The zero-order chi connectivity index (χ0) is 22.0. The van der Waals surface area contributed by atoms with Crippen LogP contribution in [0.25, 0.3) is 0 Å². The molecular weight excluding hydrogens is 420 g/mol. The number of hydrogen-bond donors (Lipinski definition) is 0. The Morgan fingerprint density at radius 3 is 2.39 bits per heavy atom. The average molecular weight is 449 g/mol. The van der Waals surface area contributed by atoms with Gasteiger partial charge in [0.1, 0.15) is 18.1 Å². The first-order chi connectivity index (χ1) is 14.9. The van der Waals surface area contributed by atoms with Gasteiger partial charge in [-0.3, -0.25) is 4.79 Å². The molecule has 3 heterocycles. The average Bonchev–Trinajstić information content (AvgIpc) is 3.43. The van der Waals surface area contributed by atoms with E-state index in [0.717, 1.165) is 24.1 Å². The summed E-state index contributed by atoms with van der Waals surface area (Å²) < 4.78 is 39.5. The summed E-state index contributed by atoms with van der Waals surface area (Å²) in [7, 11) is -3.42. The van der Waals surface area contributed by atoms with Gasteiger partial charge in [-0.05, 0) is 44.9 Å². The van der Waals surface area contributed by atoms with Crippen molar-refractivity contribution in [1.29, 1.82) is 0 Å². The van der Waals surface area contributed by atoms with Crippen LogP contribution >= 0.6 is 0 Å². The summed E-state index contributed by atoms with van der Waals surface area (Å²) in [6.07, 6.45) is 1.82. The first kappa shape index (κ1) is 21.8. The summed E-state index contributed by atoms with van der Waals surface area (Å²) in [5, 5.41) is 3.92. The molecule has 9 nitrogen and oxygen atoms in total. The first-order valence-electron chi connectivity index (χ1n) is 10.6. The Bertz CT molecular complexity index is 1020. The molecule has 1 amide bonds. The fourth-order valence-corrected chi connectivity index (χ4v) is 5.64. The SMILES string of the molecule is Cc1noc(C)c1COc1cccc(C(=O)N2CCN(S(=O)(=O)N3CCCC3)CC2)c1. The third-order valence-corrected chi connectivity index (χ3v) is 7.92. The Kier molecular flexibility index (Phi) is 6.31. The third kappa shape index (κ3) is 4.60. The number of carbonyl (C=O) groups excluding carboxylic acids is 1. The highest BCUT2D eigenvalue weighted by Gasteiger charge is 2.34. The van der Waals surface area contributed by atoms with Gasteiger partial charge in [0.25, 0.3) is 16.1 Å². The molecule has 2 fully saturated rings. The molecule has 31 heavy (non-hydrogen) atoms. The minimum absolute atomic E-state index is 0.124. The monoisotopic (exact) mass is 448 g/mol. The van der Waals surface area contributed by atoms with E-state index in [0.29, 0.717) is 62.9 Å². The number of hydrogen-bond acceptors (Lipinski definition) is 6. The van der Waals surface area contributed by atoms with Crippen LogP contribution < -0.4 is 4.74 Å². The van der Waals surface area contributed by atoms with Gasteiger partial charge in [-0.25, -0.2) is 0 Å². The zero-order valence-corrected chi connectivity index (χ0v) is 18.7. The van der Waals surface area contributed by atoms with Crippen molar-refractivity contribution in [3.05, 3.63) is 46.8 Å². The lowest BCUT2D eigenvalue weighted by Gasteiger charge is -2.35. The van der Waals surface area contributed by atoms with Gasteiger partial charge in [0.05, 0.1) is 11.3 Å². The Morgan fingerprint density at radius 1 is 1.06 bits per heavy atom. The smallest absolute Gasteiger partial charge is 0.282 e. The van der Waals surface area contributed by atoms with Gasteiger partial charge in [0.2, 0.25) is 0 Å². The number of rotatable bonds is 6. The van der Waals surface area contributed by atoms with E-state index in [1.807, 2.05) is 13.8 Å². The van der Waals surface area contributed by atoms with Crippen LogP contribution in [-0.4, -0.2) is 72.3 Å². The maximum Gasteiger partial charge on any atom is 0.282 e. The number of amides is 1. The maximum absolute atomic E-state index is 13.0. The second-order valence-corrected chi connectivity index (χ2v) is 9.85. The molecule has 0 radical (unpaired) electrons. The number of aromatic nitrogens is 1. The predicted octanol–water partition coefficient (Wildman–Crippen LogP) is 1.97. The molecule has 0 spiro atoms. The molecule has 0 unspecified atom stereocenters.